The molecule has 0 saturated carbocycles. The summed E-state index contributed by atoms with van der Waals surface area (Å²) in [5.41, 5.74) is 2.45. The fraction of sp³-hybridized carbons (Fsp3) is 0.588. The fourth-order valence-corrected chi connectivity index (χ4v) is 3.06. The van der Waals surface area contributed by atoms with Crippen LogP contribution in [0, 0.1) is 0 Å². The minimum absolute atomic E-state index is 0.00626. The summed E-state index contributed by atoms with van der Waals surface area (Å²) < 4.78 is 5.51. The molecule has 1 unspecified atom stereocenters. The zero-order chi connectivity index (χ0) is 16.4. The van der Waals surface area contributed by atoms with Gasteiger partial charge in [0.05, 0.1) is 12.6 Å². The standard InChI is InChI=1S/C17H25N3O3/c1-3-15(21)19-8-14-9-20(16(22)23-14)13-6-4-12(5-7-13)17(2)10-18-11-17/h4-7,14,16,18,22H,3,8-11H2,1-2H3,(H,19,21)/t14-,16?/m0/s1. The van der Waals surface area contributed by atoms with E-state index in [1.165, 1.54) is 5.56 Å². The average molecular weight is 319 g/mol. The first-order valence-electron chi connectivity index (χ1n) is 8.20. The Kier molecular flexibility index (Phi) is 4.57. The van der Waals surface area contributed by atoms with Crippen molar-refractivity contribution in [2.75, 3.05) is 31.1 Å². The molecule has 2 atom stereocenters. The molecular weight excluding hydrogens is 294 g/mol. The average Bonchev–Trinajstić information content (AvgIpc) is 2.91. The van der Waals surface area contributed by atoms with Crippen molar-refractivity contribution in [1.29, 1.82) is 0 Å². The number of hydrogen-bond donors (Lipinski definition) is 3. The van der Waals surface area contributed by atoms with E-state index in [1.807, 2.05) is 24.0 Å². The highest BCUT2D eigenvalue weighted by molar-refractivity contribution is 5.75. The molecule has 3 rings (SSSR count). The molecule has 2 aliphatic heterocycles. The highest BCUT2D eigenvalue weighted by Crippen LogP contribution is 2.30. The van der Waals surface area contributed by atoms with E-state index < -0.39 is 6.41 Å². The van der Waals surface area contributed by atoms with Crippen LogP contribution in [-0.4, -0.2) is 49.7 Å². The maximum atomic E-state index is 11.3. The molecule has 0 aliphatic carbocycles. The molecule has 0 bridgehead atoms. The molecule has 2 fully saturated rings. The van der Waals surface area contributed by atoms with Crippen LogP contribution in [0.1, 0.15) is 25.8 Å². The molecule has 6 nitrogen and oxygen atoms in total. The third kappa shape index (κ3) is 3.34. The monoisotopic (exact) mass is 319 g/mol. The molecule has 6 heteroatoms. The lowest BCUT2D eigenvalue weighted by molar-refractivity contribution is -0.122. The molecule has 1 aromatic carbocycles. The second kappa shape index (κ2) is 6.47. The van der Waals surface area contributed by atoms with Gasteiger partial charge in [0.2, 0.25) is 12.3 Å². The lowest BCUT2D eigenvalue weighted by Gasteiger charge is -2.40. The summed E-state index contributed by atoms with van der Waals surface area (Å²) in [7, 11) is 0. The van der Waals surface area contributed by atoms with Crippen LogP contribution in [0.25, 0.3) is 0 Å². The predicted octanol–water partition coefficient (Wildman–Crippen LogP) is 0.555. The van der Waals surface area contributed by atoms with Crippen molar-refractivity contribution < 1.29 is 14.6 Å². The molecule has 3 N–H and O–H groups in total. The fourth-order valence-electron chi connectivity index (χ4n) is 3.06. The molecule has 2 saturated heterocycles. The van der Waals surface area contributed by atoms with Gasteiger partial charge in [0, 0.05) is 37.2 Å². The van der Waals surface area contributed by atoms with Crippen LogP contribution in [0.2, 0.25) is 0 Å². The number of benzene rings is 1. The first-order valence-corrected chi connectivity index (χ1v) is 8.20. The Balaban J connectivity index is 1.61. The van der Waals surface area contributed by atoms with Crippen molar-refractivity contribution in [3.05, 3.63) is 29.8 Å². The van der Waals surface area contributed by atoms with E-state index in [2.05, 4.69) is 29.7 Å². The lowest BCUT2D eigenvalue weighted by atomic mass is 9.77. The molecule has 126 valence electrons. The van der Waals surface area contributed by atoms with Gasteiger partial charge in [-0.05, 0) is 17.7 Å². The number of carbonyl (C=O) groups excluding carboxylic acids is 1. The second-order valence-corrected chi connectivity index (χ2v) is 6.61. The number of nitrogens with zero attached hydrogens (tertiary/aromatic N) is 1. The SMILES string of the molecule is CCC(=O)NC[C@H]1CN(c2ccc(C3(C)CNC3)cc2)C(O)O1. The number of carbonyl (C=O) groups is 1. The Morgan fingerprint density at radius 2 is 2.13 bits per heavy atom. The van der Waals surface area contributed by atoms with E-state index >= 15 is 0 Å². The zero-order valence-electron chi connectivity index (χ0n) is 13.7. The molecule has 2 aliphatic rings. The molecule has 2 heterocycles. The number of ether oxygens (including phenoxy) is 1. The summed E-state index contributed by atoms with van der Waals surface area (Å²) in [5.74, 6) is -0.00626. The van der Waals surface area contributed by atoms with Crippen LogP contribution in [0.5, 0.6) is 0 Å². The molecule has 0 radical (unpaired) electrons. The largest absolute Gasteiger partial charge is 0.353 e. The van der Waals surface area contributed by atoms with Gasteiger partial charge < -0.3 is 25.4 Å². The Morgan fingerprint density at radius 3 is 2.70 bits per heavy atom. The Bertz CT molecular complexity index is 557. The van der Waals surface area contributed by atoms with E-state index in [-0.39, 0.29) is 17.4 Å². The molecular formula is C17H25N3O3. The van der Waals surface area contributed by atoms with Gasteiger partial charge in [0.1, 0.15) is 0 Å². The van der Waals surface area contributed by atoms with Gasteiger partial charge >= 0.3 is 0 Å². The second-order valence-electron chi connectivity index (χ2n) is 6.61. The van der Waals surface area contributed by atoms with Crippen LogP contribution in [0.15, 0.2) is 24.3 Å². The summed E-state index contributed by atoms with van der Waals surface area (Å²) in [6.45, 7) is 7.04. The van der Waals surface area contributed by atoms with Crippen LogP contribution in [0.4, 0.5) is 5.69 Å². The quantitative estimate of drug-likeness (QED) is 0.739. The maximum absolute atomic E-state index is 11.3. The number of anilines is 1. The van der Waals surface area contributed by atoms with Crippen molar-refractivity contribution in [2.24, 2.45) is 0 Å². The number of hydrogen-bond acceptors (Lipinski definition) is 5. The van der Waals surface area contributed by atoms with Crippen LogP contribution in [-0.2, 0) is 14.9 Å². The summed E-state index contributed by atoms with van der Waals surface area (Å²) in [5, 5.41) is 16.2. The zero-order valence-corrected chi connectivity index (χ0v) is 13.7. The van der Waals surface area contributed by atoms with Gasteiger partial charge in [0.25, 0.3) is 0 Å². The minimum atomic E-state index is -0.967. The number of amides is 1. The minimum Gasteiger partial charge on any atom is -0.353 e. The number of nitrogens with one attached hydrogen (secondary N) is 2. The highest BCUT2D eigenvalue weighted by Gasteiger charge is 2.34. The van der Waals surface area contributed by atoms with Crippen molar-refractivity contribution >= 4 is 11.6 Å². The van der Waals surface area contributed by atoms with Crippen LogP contribution in [0.3, 0.4) is 0 Å². The van der Waals surface area contributed by atoms with Gasteiger partial charge in [-0.15, -0.1) is 0 Å². The van der Waals surface area contributed by atoms with E-state index in [9.17, 15) is 9.90 Å². The molecule has 1 amide bonds. The van der Waals surface area contributed by atoms with E-state index in [4.69, 9.17) is 4.74 Å². The van der Waals surface area contributed by atoms with Crippen molar-refractivity contribution in [3.8, 4) is 0 Å². The van der Waals surface area contributed by atoms with Gasteiger partial charge in [-0.2, -0.15) is 0 Å². The third-order valence-corrected chi connectivity index (χ3v) is 4.76. The Labute approximate surface area is 136 Å². The first kappa shape index (κ1) is 16.2. The summed E-state index contributed by atoms with van der Waals surface area (Å²) in [4.78, 5) is 13.1. The predicted molar refractivity (Wildman–Crippen MR) is 88.2 cm³/mol. The number of rotatable bonds is 5. The highest BCUT2D eigenvalue weighted by atomic mass is 16.6. The lowest BCUT2D eigenvalue weighted by Crippen LogP contribution is -2.54. The van der Waals surface area contributed by atoms with Crippen molar-refractivity contribution in [3.63, 3.8) is 0 Å². The Morgan fingerprint density at radius 1 is 1.43 bits per heavy atom. The molecule has 1 aromatic rings. The van der Waals surface area contributed by atoms with Crippen molar-refractivity contribution in [2.45, 2.75) is 38.2 Å². The first-order chi connectivity index (χ1) is 11.0. The number of aliphatic hydroxyl groups is 1. The van der Waals surface area contributed by atoms with Crippen molar-refractivity contribution in [1.82, 2.24) is 10.6 Å². The van der Waals surface area contributed by atoms with Crippen LogP contribution >= 0.6 is 0 Å². The van der Waals surface area contributed by atoms with Gasteiger partial charge in [-0.1, -0.05) is 26.0 Å². The van der Waals surface area contributed by atoms with Gasteiger partial charge in [-0.3, -0.25) is 4.79 Å². The van der Waals surface area contributed by atoms with Gasteiger partial charge in [0.15, 0.2) is 0 Å². The maximum Gasteiger partial charge on any atom is 0.238 e. The normalized spacial score (nSPS) is 26.0. The molecule has 0 spiro atoms. The smallest absolute Gasteiger partial charge is 0.238 e. The Hall–Kier alpha value is -1.63. The summed E-state index contributed by atoms with van der Waals surface area (Å²) in [6, 6.07) is 8.29. The molecule has 23 heavy (non-hydrogen) atoms. The third-order valence-electron chi connectivity index (χ3n) is 4.76. The van der Waals surface area contributed by atoms with E-state index in [0.29, 0.717) is 19.5 Å². The number of aliphatic hydroxyl groups excluding tert-OH is 1. The molecule has 0 aromatic heterocycles. The van der Waals surface area contributed by atoms with Crippen LogP contribution < -0.4 is 15.5 Å². The summed E-state index contributed by atoms with van der Waals surface area (Å²) >= 11 is 0. The van der Waals surface area contributed by atoms with E-state index in [1.54, 1.807) is 0 Å². The summed E-state index contributed by atoms with van der Waals surface area (Å²) in [6.07, 6.45) is -0.715. The van der Waals surface area contributed by atoms with E-state index in [0.717, 1.165) is 18.8 Å². The van der Waals surface area contributed by atoms with Gasteiger partial charge in [-0.25, -0.2) is 0 Å². The topological polar surface area (TPSA) is 73.8 Å².